The molecule has 10 heteroatoms. The highest BCUT2D eigenvalue weighted by Crippen LogP contribution is 2.56. The number of rotatable bonds is 5. The molecule has 0 heterocycles. The van der Waals surface area contributed by atoms with Gasteiger partial charge in [0.05, 0.1) is 0 Å². The van der Waals surface area contributed by atoms with Crippen molar-refractivity contribution in [2.45, 2.75) is 79.9 Å². The predicted octanol–water partition coefficient (Wildman–Crippen LogP) is 4.94. The fourth-order valence-electron chi connectivity index (χ4n) is 3.10. The summed E-state index contributed by atoms with van der Waals surface area (Å²) in [6.07, 6.45) is -11.2. The molecule has 1 aliphatic carbocycles. The van der Waals surface area contributed by atoms with E-state index in [0.29, 0.717) is 19.8 Å². The maximum atomic E-state index is 13.4. The fraction of sp³-hybridized carbons (Fsp3) is 0.933. The Hall–Kier alpha value is -0.260. The zero-order valence-corrected chi connectivity index (χ0v) is 16.2. The third-order valence-electron chi connectivity index (χ3n) is 5.07. The van der Waals surface area contributed by atoms with Gasteiger partial charge in [-0.1, -0.05) is 42.4 Å². The number of esters is 1. The van der Waals surface area contributed by atoms with E-state index in [-0.39, 0.29) is 19.3 Å². The monoisotopic (exact) mass is 490 g/mol. The van der Waals surface area contributed by atoms with Crippen LogP contribution in [0.15, 0.2) is 0 Å². The summed E-state index contributed by atoms with van der Waals surface area (Å²) in [7, 11) is 0. The quantitative estimate of drug-likeness (QED) is 0.257. The summed E-state index contributed by atoms with van der Waals surface area (Å²) in [6.45, 7) is 3.45. The van der Waals surface area contributed by atoms with Crippen LogP contribution in [-0.4, -0.2) is 38.1 Å². The van der Waals surface area contributed by atoms with E-state index in [1.807, 2.05) is 0 Å². The van der Waals surface area contributed by atoms with Gasteiger partial charge in [0.1, 0.15) is 3.42 Å². The zero-order chi connectivity index (χ0) is 19.9. The van der Waals surface area contributed by atoms with E-state index in [4.69, 9.17) is 4.74 Å². The van der Waals surface area contributed by atoms with Crippen LogP contribution in [0.3, 0.4) is 0 Å². The first-order chi connectivity index (χ1) is 11.0. The molecule has 1 saturated carbocycles. The van der Waals surface area contributed by atoms with Crippen molar-refractivity contribution in [3.63, 3.8) is 0 Å². The molecule has 0 radical (unpaired) electrons. The zero-order valence-electron chi connectivity index (χ0n) is 14.0. The molecule has 0 saturated heterocycles. The van der Waals surface area contributed by atoms with Crippen LogP contribution in [0.5, 0.6) is 0 Å². The average molecular weight is 490 g/mol. The summed E-state index contributed by atoms with van der Waals surface area (Å²) >= 11 is 1.62. The number of hydrogen-bond donors (Lipinski definition) is 1. The molecule has 0 aromatic rings. The van der Waals surface area contributed by atoms with Crippen molar-refractivity contribution in [1.29, 1.82) is 0 Å². The number of hydrogen-bond acceptors (Lipinski definition) is 3. The molecule has 1 aliphatic rings. The van der Waals surface area contributed by atoms with Crippen molar-refractivity contribution < 1.29 is 41.0 Å². The van der Waals surface area contributed by atoms with Crippen molar-refractivity contribution >= 4 is 28.6 Å². The van der Waals surface area contributed by atoms with Crippen LogP contribution in [0.4, 0.5) is 26.3 Å². The first-order valence-electron chi connectivity index (χ1n) is 7.82. The maximum Gasteiger partial charge on any atom is 0.430 e. The third kappa shape index (κ3) is 3.89. The van der Waals surface area contributed by atoms with Gasteiger partial charge in [0.25, 0.3) is 5.60 Å². The van der Waals surface area contributed by atoms with Gasteiger partial charge in [-0.2, -0.15) is 26.3 Å². The summed E-state index contributed by atoms with van der Waals surface area (Å²) in [5.74, 6) is -2.47. The molecule has 3 nitrogen and oxygen atoms in total. The molecule has 0 amide bonds. The van der Waals surface area contributed by atoms with Gasteiger partial charge in [0.15, 0.2) is 5.60 Å². The number of carbonyl (C=O) groups excluding carboxylic acids is 1. The van der Waals surface area contributed by atoms with E-state index in [9.17, 15) is 36.2 Å². The van der Waals surface area contributed by atoms with E-state index < -0.39 is 38.9 Å². The third-order valence-corrected chi connectivity index (χ3v) is 6.27. The number of ether oxygens (including phenoxy) is 1. The topological polar surface area (TPSA) is 46.5 Å². The number of alkyl halides is 7. The van der Waals surface area contributed by atoms with Crippen molar-refractivity contribution in [1.82, 2.24) is 0 Å². The molecule has 0 spiro atoms. The van der Waals surface area contributed by atoms with Crippen molar-refractivity contribution in [3.05, 3.63) is 0 Å². The highest BCUT2D eigenvalue weighted by molar-refractivity contribution is 14.1. The van der Waals surface area contributed by atoms with Gasteiger partial charge in [0.2, 0.25) is 0 Å². The number of aliphatic hydroxyl groups is 1. The molecule has 1 N–H and O–H groups in total. The van der Waals surface area contributed by atoms with Crippen molar-refractivity contribution in [3.8, 4) is 0 Å². The van der Waals surface area contributed by atoms with Crippen molar-refractivity contribution in [2.24, 2.45) is 5.92 Å². The van der Waals surface area contributed by atoms with Crippen LogP contribution in [0, 0.1) is 5.92 Å². The Balaban J connectivity index is 3.52. The SMILES string of the molecule is CCC(C)(I)C(=O)OC(C)(C1CCCC1)C(O)(C(F)(F)F)C(F)(F)F. The Kier molecular flexibility index (Phi) is 6.42. The molecule has 2 atom stereocenters. The van der Waals surface area contributed by atoms with E-state index in [0.717, 1.165) is 0 Å². The Morgan fingerprint density at radius 1 is 1.08 bits per heavy atom. The van der Waals surface area contributed by atoms with Crippen LogP contribution in [-0.2, 0) is 9.53 Å². The lowest BCUT2D eigenvalue weighted by Gasteiger charge is -2.49. The van der Waals surface area contributed by atoms with Gasteiger partial charge in [-0.05, 0) is 33.1 Å². The molecule has 1 rings (SSSR count). The number of halogens is 7. The molecule has 2 unspecified atom stereocenters. The van der Waals surface area contributed by atoms with Crippen LogP contribution >= 0.6 is 22.6 Å². The normalized spacial score (nSPS) is 22.4. The second kappa shape index (κ2) is 7.05. The molecular formula is C15H21F6IO3. The Bertz CT molecular complexity index is 482. The van der Waals surface area contributed by atoms with E-state index in [1.165, 1.54) is 6.92 Å². The molecular weight excluding hydrogens is 469 g/mol. The highest BCUT2D eigenvalue weighted by Gasteiger charge is 2.81. The Morgan fingerprint density at radius 2 is 1.48 bits per heavy atom. The standard InChI is InChI=1S/C15H21F6IO3/c1-4-11(2,22)10(23)25-12(3,9-7-5-6-8-9)13(24,14(16,17)18)15(19,20)21/h9,24H,4-8H2,1-3H3. The van der Waals surface area contributed by atoms with Crippen LogP contribution in [0.25, 0.3) is 0 Å². The van der Waals surface area contributed by atoms with Crippen LogP contribution < -0.4 is 0 Å². The first kappa shape index (κ1) is 22.8. The van der Waals surface area contributed by atoms with Crippen molar-refractivity contribution in [2.75, 3.05) is 0 Å². The second-order valence-electron chi connectivity index (χ2n) is 6.73. The molecule has 0 aliphatic heterocycles. The Labute approximate surface area is 155 Å². The molecule has 148 valence electrons. The molecule has 0 aromatic heterocycles. The summed E-state index contributed by atoms with van der Waals surface area (Å²) in [6, 6.07) is 0. The first-order valence-corrected chi connectivity index (χ1v) is 8.90. The summed E-state index contributed by atoms with van der Waals surface area (Å²) < 4.78 is 84.0. The van der Waals surface area contributed by atoms with E-state index in [1.54, 1.807) is 29.5 Å². The van der Waals surface area contributed by atoms with Gasteiger partial charge >= 0.3 is 18.3 Å². The summed E-state index contributed by atoms with van der Waals surface area (Å²) in [4.78, 5) is 12.3. The minimum atomic E-state index is -6.06. The lowest BCUT2D eigenvalue weighted by molar-refractivity contribution is -0.416. The lowest BCUT2D eigenvalue weighted by atomic mass is 9.72. The molecule has 0 aromatic carbocycles. The largest absolute Gasteiger partial charge is 0.454 e. The number of carbonyl (C=O) groups is 1. The maximum absolute atomic E-state index is 13.4. The van der Waals surface area contributed by atoms with Crippen LogP contribution in [0.1, 0.15) is 52.9 Å². The fourth-order valence-corrected chi connectivity index (χ4v) is 3.21. The van der Waals surface area contributed by atoms with Crippen LogP contribution in [0.2, 0.25) is 0 Å². The van der Waals surface area contributed by atoms with Gasteiger partial charge < -0.3 is 9.84 Å². The molecule has 0 bridgehead atoms. The minimum absolute atomic E-state index is 0.00232. The molecule has 1 fully saturated rings. The second-order valence-corrected chi connectivity index (χ2v) is 9.12. The Morgan fingerprint density at radius 3 is 1.80 bits per heavy atom. The smallest absolute Gasteiger partial charge is 0.430 e. The summed E-state index contributed by atoms with van der Waals surface area (Å²) in [5, 5.41) is 9.92. The highest BCUT2D eigenvalue weighted by atomic mass is 127. The minimum Gasteiger partial charge on any atom is -0.454 e. The van der Waals surface area contributed by atoms with Gasteiger partial charge in [0, 0.05) is 5.92 Å². The van der Waals surface area contributed by atoms with Gasteiger partial charge in [-0.25, -0.2) is 0 Å². The summed E-state index contributed by atoms with van der Waals surface area (Å²) in [5.41, 5.74) is -8.32. The predicted molar refractivity (Wildman–Crippen MR) is 86.2 cm³/mol. The molecule has 25 heavy (non-hydrogen) atoms. The van der Waals surface area contributed by atoms with Gasteiger partial charge in [-0.3, -0.25) is 4.79 Å². The lowest BCUT2D eigenvalue weighted by Crippen LogP contribution is -2.73. The van der Waals surface area contributed by atoms with E-state index in [2.05, 4.69) is 0 Å². The van der Waals surface area contributed by atoms with E-state index >= 15 is 0 Å². The average Bonchev–Trinajstić information content (AvgIpc) is 2.98. The van der Waals surface area contributed by atoms with Gasteiger partial charge in [-0.15, -0.1) is 0 Å².